The Morgan fingerprint density at radius 1 is 0.809 bits per heavy atom. The Hall–Kier alpha value is -3.80. The zero-order chi connectivity index (χ0) is 34.5. The number of fused-ring (bicyclic) bond motifs is 1. The van der Waals surface area contributed by atoms with E-state index in [1.54, 1.807) is 0 Å². The minimum absolute atomic E-state index is 0.262. The van der Waals surface area contributed by atoms with Gasteiger partial charge in [-0.25, -0.2) is 0 Å². The van der Waals surface area contributed by atoms with Crippen molar-refractivity contribution in [3.05, 3.63) is 40.6 Å². The van der Waals surface area contributed by atoms with E-state index in [-0.39, 0.29) is 5.56 Å². The third-order valence-electron chi connectivity index (χ3n) is 7.47. The normalized spacial score (nSPS) is 31.5. The summed E-state index contributed by atoms with van der Waals surface area (Å²) < 4.78 is 63.7. The van der Waals surface area contributed by atoms with Gasteiger partial charge in [0, 0.05) is 17.7 Å². The summed E-state index contributed by atoms with van der Waals surface area (Å²) in [6.45, 7) is 0.722. The lowest BCUT2D eigenvalue weighted by atomic mass is 9.98. The Labute approximate surface area is 263 Å². The summed E-state index contributed by atoms with van der Waals surface area (Å²) in [7, 11) is -5.15. The van der Waals surface area contributed by atoms with Gasteiger partial charge in [-0.1, -0.05) is 0 Å². The van der Waals surface area contributed by atoms with Gasteiger partial charge >= 0.3 is 10.4 Å². The first kappa shape index (κ1) is 34.5. The predicted octanol–water partition coefficient (Wildman–Crippen LogP) is -2.21. The molecule has 0 saturated carbocycles. The van der Waals surface area contributed by atoms with Gasteiger partial charge in [-0.3, -0.25) is 9.35 Å². The summed E-state index contributed by atoms with van der Waals surface area (Å²) in [5, 5.41) is 91.9. The number of benzene rings is 2. The van der Waals surface area contributed by atoms with Gasteiger partial charge in [-0.15, -0.1) is 0 Å². The predicted molar refractivity (Wildman–Crippen MR) is 151 cm³/mol. The van der Waals surface area contributed by atoms with E-state index in [1.165, 1.54) is 6.92 Å². The van der Waals surface area contributed by atoms with Gasteiger partial charge in [0.1, 0.15) is 65.2 Å². The summed E-state index contributed by atoms with van der Waals surface area (Å²) in [6, 6.07) is 4.53. The highest BCUT2D eigenvalue weighted by Gasteiger charge is 2.48. The molecule has 258 valence electrons. The molecule has 0 radical (unpaired) electrons. The van der Waals surface area contributed by atoms with E-state index in [1.807, 2.05) is 0 Å². The number of aliphatic hydroxyl groups is 6. The van der Waals surface area contributed by atoms with Crippen molar-refractivity contribution in [3.63, 3.8) is 0 Å². The summed E-state index contributed by atoms with van der Waals surface area (Å²) in [5.74, 6) is -4.34. The van der Waals surface area contributed by atoms with E-state index in [0.29, 0.717) is 0 Å². The zero-order valence-corrected chi connectivity index (χ0v) is 24.7. The monoisotopic (exact) mass is 690 g/mol. The summed E-state index contributed by atoms with van der Waals surface area (Å²) in [5.41, 5.74) is -1.82. The summed E-state index contributed by atoms with van der Waals surface area (Å²) in [6.07, 6.45) is -16.8. The highest BCUT2D eigenvalue weighted by Crippen LogP contribution is 2.40. The molecule has 2 aliphatic rings. The fourth-order valence-electron chi connectivity index (χ4n) is 5.01. The lowest BCUT2D eigenvalue weighted by Crippen LogP contribution is -2.61. The minimum atomic E-state index is -5.15. The van der Waals surface area contributed by atoms with Gasteiger partial charge < -0.3 is 73.5 Å². The molecule has 10 atom stereocenters. The smallest absolute Gasteiger partial charge is 0.446 e. The van der Waals surface area contributed by atoms with Crippen molar-refractivity contribution >= 4 is 21.4 Å². The zero-order valence-electron chi connectivity index (χ0n) is 23.9. The van der Waals surface area contributed by atoms with Crippen molar-refractivity contribution < 1.29 is 86.5 Å². The van der Waals surface area contributed by atoms with E-state index < -0.39 is 129 Å². The number of rotatable bonds is 8. The number of phenolic OH excluding ortho intramolecular Hbond substituents is 3. The molecule has 2 saturated heterocycles. The van der Waals surface area contributed by atoms with Gasteiger partial charge in [0.2, 0.25) is 17.5 Å². The van der Waals surface area contributed by atoms with Crippen LogP contribution in [-0.2, 0) is 24.6 Å². The van der Waals surface area contributed by atoms with Crippen LogP contribution in [0.25, 0.3) is 22.3 Å². The van der Waals surface area contributed by atoms with Crippen molar-refractivity contribution in [3.8, 4) is 40.1 Å². The largest absolute Gasteiger partial charge is 0.508 e. The number of aromatic hydroxyl groups is 3. The maximum atomic E-state index is 13.7. The standard InChI is InChI=1S/C27H30O19S/c1-8-17(31)20(34)22(36)26(42-8)41-7-15-18(32)21(35)23(37)27(44-15)45-25-19(33)16-12(30)5-10(28)6-14(16)43-24(25)9-2-3-11(29)13(4-9)46-47(38,39)40/h2-6,8,15,17-18,20-23,26-32,34-37H,7H2,1H3,(H,38,39,40)/t8-,15+,17-,18+,20+,21-,22+,23+,26+,27-/m0/s1. The van der Waals surface area contributed by atoms with Gasteiger partial charge in [-0.05, 0) is 25.1 Å². The van der Waals surface area contributed by atoms with Gasteiger partial charge in [0.05, 0.1) is 12.7 Å². The molecule has 0 unspecified atom stereocenters. The van der Waals surface area contributed by atoms with Crippen LogP contribution in [0.2, 0.25) is 0 Å². The molecule has 0 bridgehead atoms. The molecule has 3 aromatic rings. The van der Waals surface area contributed by atoms with Gasteiger partial charge in [0.25, 0.3) is 0 Å². The lowest BCUT2D eigenvalue weighted by molar-refractivity contribution is -0.318. The highest BCUT2D eigenvalue weighted by atomic mass is 32.3. The second-order valence-electron chi connectivity index (χ2n) is 10.8. The molecule has 2 aliphatic heterocycles. The molecule has 47 heavy (non-hydrogen) atoms. The van der Waals surface area contributed by atoms with Crippen molar-refractivity contribution in [1.29, 1.82) is 0 Å². The highest BCUT2D eigenvalue weighted by molar-refractivity contribution is 7.81. The molecule has 20 heteroatoms. The van der Waals surface area contributed by atoms with Gasteiger partial charge in [-0.2, -0.15) is 8.42 Å². The van der Waals surface area contributed by atoms with E-state index in [9.17, 15) is 59.2 Å². The number of aliphatic hydroxyl groups excluding tert-OH is 6. The molecule has 3 heterocycles. The lowest BCUT2D eigenvalue weighted by Gasteiger charge is -2.42. The average molecular weight is 691 g/mol. The van der Waals surface area contributed by atoms with Crippen molar-refractivity contribution in [1.82, 2.24) is 0 Å². The van der Waals surface area contributed by atoms with E-state index in [0.717, 1.165) is 30.3 Å². The molecule has 1 aromatic heterocycles. The van der Waals surface area contributed by atoms with Crippen LogP contribution in [0.1, 0.15) is 6.92 Å². The van der Waals surface area contributed by atoms with Crippen LogP contribution < -0.4 is 14.3 Å². The fourth-order valence-corrected chi connectivity index (χ4v) is 5.37. The molecule has 2 fully saturated rings. The minimum Gasteiger partial charge on any atom is -0.508 e. The molecular formula is C27H30O19S. The van der Waals surface area contributed by atoms with Crippen molar-refractivity contribution in [2.45, 2.75) is 68.3 Å². The van der Waals surface area contributed by atoms with Gasteiger partial charge in [0.15, 0.2) is 23.5 Å². The molecule has 19 nitrogen and oxygen atoms in total. The average Bonchev–Trinajstić information content (AvgIpc) is 2.99. The Balaban J connectivity index is 1.52. The Morgan fingerprint density at radius 3 is 2.15 bits per heavy atom. The van der Waals surface area contributed by atoms with E-state index >= 15 is 0 Å². The Morgan fingerprint density at radius 2 is 1.47 bits per heavy atom. The van der Waals surface area contributed by atoms with Crippen molar-refractivity contribution in [2.75, 3.05) is 6.61 Å². The number of hydrogen-bond acceptors (Lipinski definition) is 18. The maximum Gasteiger partial charge on any atom is 0.446 e. The number of phenols is 3. The second-order valence-corrected chi connectivity index (χ2v) is 11.8. The fraction of sp³-hybridized carbons (Fsp3) is 0.444. The maximum absolute atomic E-state index is 13.7. The summed E-state index contributed by atoms with van der Waals surface area (Å²) >= 11 is 0. The first-order chi connectivity index (χ1) is 22.0. The molecule has 0 amide bonds. The van der Waals surface area contributed by atoms with Crippen LogP contribution >= 0.6 is 0 Å². The van der Waals surface area contributed by atoms with Crippen LogP contribution in [0.3, 0.4) is 0 Å². The van der Waals surface area contributed by atoms with E-state index in [2.05, 4.69) is 4.18 Å². The number of ether oxygens (including phenoxy) is 4. The first-order valence-corrected chi connectivity index (χ1v) is 15.0. The van der Waals surface area contributed by atoms with Crippen molar-refractivity contribution in [2.24, 2.45) is 0 Å². The first-order valence-electron chi connectivity index (χ1n) is 13.7. The topological polar surface area (TPSA) is 313 Å². The molecular weight excluding hydrogens is 660 g/mol. The molecule has 2 aromatic carbocycles. The molecule has 5 rings (SSSR count). The van der Waals surface area contributed by atoms with E-state index in [4.69, 9.17) is 27.9 Å². The third-order valence-corrected chi connectivity index (χ3v) is 7.86. The Bertz CT molecular complexity index is 1790. The van der Waals surface area contributed by atoms with Crippen LogP contribution in [0.4, 0.5) is 0 Å². The number of hydrogen-bond donors (Lipinski definition) is 10. The molecule has 10 N–H and O–H groups in total. The third kappa shape index (κ3) is 6.93. The molecule has 0 spiro atoms. The molecule has 0 aliphatic carbocycles. The Kier molecular flexibility index (Phi) is 9.56. The SMILES string of the molecule is C[C@@H]1O[C@@H](OC[C@H]2O[C@@H](Oc3c(-c4ccc(O)c(OS(=O)(=O)O)c4)oc4cc(O)cc(O)c4c3=O)[C@H](O)[C@@H](O)[C@@H]2O)[C@H](O)[C@H](O)[C@H]1O. The quantitative estimate of drug-likeness (QED) is 0.112. The van der Waals surface area contributed by atoms with Crippen LogP contribution in [0, 0.1) is 0 Å². The second kappa shape index (κ2) is 13.0. The summed E-state index contributed by atoms with van der Waals surface area (Å²) in [4.78, 5) is 13.7. The van der Waals surface area contributed by atoms with Crippen LogP contribution in [0.15, 0.2) is 39.5 Å². The van der Waals surface area contributed by atoms with Crippen LogP contribution in [0.5, 0.6) is 28.7 Å². The van der Waals surface area contributed by atoms with Crippen LogP contribution in [-0.4, -0.2) is 127 Å².